The van der Waals surface area contributed by atoms with Crippen LogP contribution in [0.25, 0.3) is 0 Å². The number of benzene rings is 2. The molecule has 0 radical (unpaired) electrons. The van der Waals surface area contributed by atoms with Crippen LogP contribution in [0.15, 0.2) is 47.5 Å². The van der Waals surface area contributed by atoms with Gasteiger partial charge in [-0.25, -0.2) is 4.79 Å². The molecule has 0 heterocycles. The molecule has 23 heavy (non-hydrogen) atoms. The SMILES string of the molecule is CCOC(=O)c1cccc(N=Cc2ccc(O)c([N+](=O)[O-])c2)c1. The van der Waals surface area contributed by atoms with Crippen molar-refractivity contribution in [1.29, 1.82) is 0 Å². The van der Waals surface area contributed by atoms with E-state index in [4.69, 9.17) is 4.74 Å². The van der Waals surface area contributed by atoms with Gasteiger partial charge in [-0.3, -0.25) is 15.1 Å². The second kappa shape index (κ2) is 7.17. The van der Waals surface area contributed by atoms with Crippen LogP contribution in [0.4, 0.5) is 11.4 Å². The first-order valence-electron chi connectivity index (χ1n) is 6.80. The van der Waals surface area contributed by atoms with Crippen molar-refractivity contribution in [3.8, 4) is 5.75 Å². The number of esters is 1. The van der Waals surface area contributed by atoms with E-state index in [1.165, 1.54) is 24.4 Å². The van der Waals surface area contributed by atoms with E-state index < -0.39 is 22.3 Å². The molecule has 0 aromatic heterocycles. The van der Waals surface area contributed by atoms with Crippen LogP contribution in [-0.2, 0) is 4.74 Å². The maximum absolute atomic E-state index is 11.7. The fourth-order valence-electron chi connectivity index (χ4n) is 1.84. The van der Waals surface area contributed by atoms with Crippen molar-refractivity contribution in [3.05, 3.63) is 63.7 Å². The Morgan fingerprint density at radius 1 is 1.35 bits per heavy atom. The number of carbonyl (C=O) groups excluding carboxylic acids is 1. The minimum absolute atomic E-state index is 0.281. The van der Waals surface area contributed by atoms with Crippen LogP contribution < -0.4 is 0 Å². The van der Waals surface area contributed by atoms with Gasteiger partial charge in [-0.05, 0) is 42.8 Å². The fourth-order valence-corrected chi connectivity index (χ4v) is 1.84. The number of phenolic OH excluding ortho intramolecular Hbond substituents is 1. The standard InChI is InChI=1S/C16H14N2O5/c1-2-23-16(20)12-4-3-5-13(9-12)17-10-11-6-7-15(19)14(8-11)18(21)22/h3-10,19H,2H2,1H3. The number of nitro groups is 1. The molecule has 2 rings (SSSR count). The third-order valence-electron chi connectivity index (χ3n) is 2.92. The monoisotopic (exact) mass is 314 g/mol. The molecule has 0 aliphatic rings. The van der Waals surface area contributed by atoms with E-state index in [0.29, 0.717) is 16.8 Å². The van der Waals surface area contributed by atoms with Gasteiger partial charge in [-0.15, -0.1) is 0 Å². The highest BCUT2D eigenvalue weighted by Gasteiger charge is 2.12. The smallest absolute Gasteiger partial charge is 0.338 e. The van der Waals surface area contributed by atoms with Gasteiger partial charge in [-0.2, -0.15) is 0 Å². The van der Waals surface area contributed by atoms with Crippen LogP contribution in [0.5, 0.6) is 5.75 Å². The minimum Gasteiger partial charge on any atom is -0.502 e. The van der Waals surface area contributed by atoms with Crippen molar-refractivity contribution in [3.63, 3.8) is 0 Å². The number of nitro benzene ring substituents is 1. The van der Waals surface area contributed by atoms with E-state index in [2.05, 4.69) is 4.99 Å². The average molecular weight is 314 g/mol. The van der Waals surface area contributed by atoms with Gasteiger partial charge in [0.05, 0.1) is 22.8 Å². The lowest BCUT2D eigenvalue weighted by Crippen LogP contribution is -2.03. The number of aliphatic imine (C=N–C) groups is 1. The molecule has 0 spiro atoms. The molecule has 0 atom stereocenters. The number of phenols is 1. The molecule has 0 unspecified atom stereocenters. The van der Waals surface area contributed by atoms with Gasteiger partial charge in [0.15, 0.2) is 5.75 Å². The summed E-state index contributed by atoms with van der Waals surface area (Å²) in [6.07, 6.45) is 1.41. The molecule has 2 aromatic rings. The van der Waals surface area contributed by atoms with Crippen molar-refractivity contribution in [2.45, 2.75) is 6.92 Å². The Morgan fingerprint density at radius 3 is 2.83 bits per heavy atom. The third-order valence-corrected chi connectivity index (χ3v) is 2.92. The van der Waals surface area contributed by atoms with Gasteiger partial charge in [0, 0.05) is 12.3 Å². The lowest BCUT2D eigenvalue weighted by Gasteiger charge is -2.02. The van der Waals surface area contributed by atoms with Crippen LogP contribution >= 0.6 is 0 Å². The molecule has 0 aliphatic carbocycles. The first-order valence-corrected chi connectivity index (χ1v) is 6.80. The summed E-state index contributed by atoms with van der Waals surface area (Å²) in [6, 6.07) is 10.5. The first-order chi connectivity index (χ1) is 11.0. The molecule has 7 nitrogen and oxygen atoms in total. The molecule has 0 saturated heterocycles. The van der Waals surface area contributed by atoms with Crippen molar-refractivity contribution in [2.75, 3.05) is 6.61 Å². The molecule has 2 aromatic carbocycles. The Labute approximate surface area is 132 Å². The zero-order valence-electron chi connectivity index (χ0n) is 12.3. The summed E-state index contributed by atoms with van der Waals surface area (Å²) in [6.45, 7) is 2.00. The Morgan fingerprint density at radius 2 is 2.13 bits per heavy atom. The summed E-state index contributed by atoms with van der Waals surface area (Å²) in [5.74, 6) is -0.846. The number of rotatable bonds is 5. The number of ether oxygens (including phenoxy) is 1. The molecular weight excluding hydrogens is 300 g/mol. The maximum Gasteiger partial charge on any atom is 0.338 e. The van der Waals surface area contributed by atoms with E-state index in [1.54, 1.807) is 31.2 Å². The quantitative estimate of drug-likeness (QED) is 0.395. The van der Waals surface area contributed by atoms with Crippen LogP contribution in [-0.4, -0.2) is 28.8 Å². The van der Waals surface area contributed by atoms with E-state index in [9.17, 15) is 20.0 Å². The van der Waals surface area contributed by atoms with Gasteiger partial charge >= 0.3 is 11.7 Å². The van der Waals surface area contributed by atoms with Gasteiger partial charge in [-0.1, -0.05) is 6.07 Å². The highest BCUT2D eigenvalue weighted by Crippen LogP contribution is 2.26. The largest absolute Gasteiger partial charge is 0.502 e. The summed E-state index contributed by atoms with van der Waals surface area (Å²) in [5, 5.41) is 20.2. The fraction of sp³-hybridized carbons (Fsp3) is 0.125. The van der Waals surface area contributed by atoms with Crippen molar-refractivity contribution >= 4 is 23.6 Å². The van der Waals surface area contributed by atoms with E-state index in [1.807, 2.05) is 0 Å². The molecule has 0 aliphatic heterocycles. The Bertz CT molecular complexity index is 771. The van der Waals surface area contributed by atoms with Gasteiger partial charge in [0.25, 0.3) is 0 Å². The van der Waals surface area contributed by atoms with Crippen molar-refractivity contribution in [2.24, 2.45) is 4.99 Å². The number of hydrogen-bond donors (Lipinski definition) is 1. The molecule has 1 N–H and O–H groups in total. The van der Waals surface area contributed by atoms with Gasteiger partial charge in [0.2, 0.25) is 0 Å². The maximum atomic E-state index is 11.7. The second-order valence-electron chi connectivity index (χ2n) is 4.53. The van der Waals surface area contributed by atoms with E-state index >= 15 is 0 Å². The number of aromatic hydroxyl groups is 1. The van der Waals surface area contributed by atoms with E-state index in [-0.39, 0.29) is 6.61 Å². The first kappa shape index (κ1) is 16.2. The third kappa shape index (κ3) is 4.13. The predicted molar refractivity (Wildman–Crippen MR) is 84.4 cm³/mol. The zero-order chi connectivity index (χ0) is 16.8. The van der Waals surface area contributed by atoms with E-state index in [0.717, 1.165) is 0 Å². The Kier molecular flexibility index (Phi) is 5.03. The minimum atomic E-state index is -0.673. The van der Waals surface area contributed by atoms with Gasteiger partial charge < -0.3 is 9.84 Å². The number of hydrogen-bond acceptors (Lipinski definition) is 6. The summed E-state index contributed by atoms with van der Waals surface area (Å²) >= 11 is 0. The van der Waals surface area contributed by atoms with Crippen LogP contribution in [0, 0.1) is 10.1 Å². The summed E-state index contributed by atoms with van der Waals surface area (Å²) < 4.78 is 4.91. The Balaban J connectivity index is 2.24. The van der Waals surface area contributed by atoms with Crippen LogP contribution in [0.1, 0.15) is 22.8 Å². The highest BCUT2D eigenvalue weighted by molar-refractivity contribution is 5.91. The van der Waals surface area contributed by atoms with Crippen molar-refractivity contribution < 1.29 is 19.6 Å². The summed E-state index contributed by atoms with van der Waals surface area (Å²) in [7, 11) is 0. The average Bonchev–Trinajstić information content (AvgIpc) is 2.54. The van der Waals surface area contributed by atoms with Crippen molar-refractivity contribution in [1.82, 2.24) is 0 Å². The molecule has 118 valence electrons. The Hall–Kier alpha value is -3.22. The molecular formula is C16H14N2O5. The van der Waals surface area contributed by atoms with Gasteiger partial charge in [0.1, 0.15) is 0 Å². The molecule has 0 fully saturated rings. The molecule has 0 amide bonds. The molecule has 7 heteroatoms. The summed E-state index contributed by atoms with van der Waals surface area (Å²) in [5.41, 5.74) is 0.940. The molecule has 0 bridgehead atoms. The second-order valence-corrected chi connectivity index (χ2v) is 4.53. The number of nitrogens with zero attached hydrogens (tertiary/aromatic N) is 2. The van der Waals surface area contributed by atoms with Crippen LogP contribution in [0.2, 0.25) is 0 Å². The number of carbonyl (C=O) groups is 1. The zero-order valence-corrected chi connectivity index (χ0v) is 12.3. The van der Waals surface area contributed by atoms with Crippen LogP contribution in [0.3, 0.4) is 0 Å². The topological polar surface area (TPSA) is 102 Å². The highest BCUT2D eigenvalue weighted by atomic mass is 16.6. The predicted octanol–water partition coefficient (Wildman–Crippen LogP) is 3.23. The lowest BCUT2D eigenvalue weighted by atomic mass is 10.2. The normalized spacial score (nSPS) is 10.7. The molecule has 0 saturated carbocycles. The summed E-state index contributed by atoms with van der Waals surface area (Å²) in [4.78, 5) is 25.9. The lowest BCUT2D eigenvalue weighted by molar-refractivity contribution is -0.385.